The van der Waals surface area contributed by atoms with Crippen molar-refractivity contribution in [3.63, 3.8) is 0 Å². The zero-order valence-corrected chi connectivity index (χ0v) is 9.32. The Bertz CT molecular complexity index is 223. The van der Waals surface area contributed by atoms with E-state index in [9.17, 15) is 9.90 Å². The van der Waals surface area contributed by atoms with Crippen molar-refractivity contribution in [3.05, 3.63) is 12.2 Å². The Hall–Kier alpha value is -0.830. The SMILES string of the molecule is C[C@@H]1C/C=C/CC[C@@H](O)CCCC(=O)O1. The Morgan fingerprint density at radius 3 is 3.00 bits per heavy atom. The molecule has 1 aliphatic rings. The van der Waals surface area contributed by atoms with Crippen LogP contribution in [0.1, 0.15) is 45.4 Å². The Morgan fingerprint density at radius 2 is 2.20 bits per heavy atom. The molecule has 0 amide bonds. The van der Waals surface area contributed by atoms with Crippen molar-refractivity contribution in [1.29, 1.82) is 0 Å². The molecule has 0 unspecified atom stereocenters. The molecule has 1 heterocycles. The summed E-state index contributed by atoms with van der Waals surface area (Å²) in [6, 6.07) is 0. The lowest BCUT2D eigenvalue weighted by atomic mass is 10.1. The van der Waals surface area contributed by atoms with E-state index in [1.165, 1.54) is 0 Å². The molecule has 0 spiro atoms. The largest absolute Gasteiger partial charge is 0.462 e. The van der Waals surface area contributed by atoms with Crippen LogP contribution in [-0.2, 0) is 9.53 Å². The second kappa shape index (κ2) is 6.62. The van der Waals surface area contributed by atoms with Gasteiger partial charge in [-0.05, 0) is 32.6 Å². The molecule has 0 saturated heterocycles. The number of hydrogen-bond acceptors (Lipinski definition) is 3. The van der Waals surface area contributed by atoms with Gasteiger partial charge in [-0.1, -0.05) is 12.2 Å². The molecule has 0 aromatic rings. The van der Waals surface area contributed by atoms with Crippen molar-refractivity contribution in [2.75, 3.05) is 0 Å². The molecule has 2 atom stereocenters. The topological polar surface area (TPSA) is 46.5 Å². The molecule has 3 heteroatoms. The number of carbonyl (C=O) groups is 1. The van der Waals surface area contributed by atoms with E-state index in [1.54, 1.807) is 0 Å². The van der Waals surface area contributed by atoms with Gasteiger partial charge in [0.1, 0.15) is 6.10 Å². The summed E-state index contributed by atoms with van der Waals surface area (Å²) < 4.78 is 5.19. The van der Waals surface area contributed by atoms with Gasteiger partial charge in [-0.2, -0.15) is 0 Å². The first-order valence-electron chi connectivity index (χ1n) is 5.71. The van der Waals surface area contributed by atoms with Crippen LogP contribution in [0.25, 0.3) is 0 Å². The molecule has 0 aromatic carbocycles. The highest BCUT2D eigenvalue weighted by Crippen LogP contribution is 2.11. The molecular formula is C12H20O3. The molecular weight excluding hydrogens is 192 g/mol. The predicted molar refractivity (Wildman–Crippen MR) is 58.4 cm³/mol. The highest BCUT2D eigenvalue weighted by molar-refractivity contribution is 5.69. The van der Waals surface area contributed by atoms with Crippen LogP contribution in [0, 0.1) is 0 Å². The highest BCUT2D eigenvalue weighted by atomic mass is 16.5. The minimum Gasteiger partial charge on any atom is -0.462 e. The van der Waals surface area contributed by atoms with Gasteiger partial charge in [-0.15, -0.1) is 0 Å². The first kappa shape index (κ1) is 12.2. The summed E-state index contributed by atoms with van der Waals surface area (Å²) in [5.74, 6) is -0.149. The zero-order valence-electron chi connectivity index (χ0n) is 9.32. The van der Waals surface area contributed by atoms with Crippen molar-refractivity contribution in [2.24, 2.45) is 0 Å². The highest BCUT2D eigenvalue weighted by Gasteiger charge is 2.10. The lowest BCUT2D eigenvalue weighted by Gasteiger charge is -2.13. The Labute approximate surface area is 91.1 Å². The third kappa shape index (κ3) is 5.57. The van der Waals surface area contributed by atoms with Crippen LogP contribution >= 0.6 is 0 Å². The van der Waals surface area contributed by atoms with Gasteiger partial charge >= 0.3 is 5.97 Å². The van der Waals surface area contributed by atoms with E-state index in [0.29, 0.717) is 12.8 Å². The summed E-state index contributed by atoms with van der Waals surface area (Å²) in [7, 11) is 0. The van der Waals surface area contributed by atoms with Crippen LogP contribution in [-0.4, -0.2) is 23.3 Å². The maximum absolute atomic E-state index is 11.3. The number of carbonyl (C=O) groups excluding carboxylic acids is 1. The quantitative estimate of drug-likeness (QED) is 0.494. The van der Waals surface area contributed by atoms with Gasteiger partial charge in [0.15, 0.2) is 0 Å². The molecule has 3 nitrogen and oxygen atoms in total. The maximum Gasteiger partial charge on any atom is 0.306 e. The first-order valence-corrected chi connectivity index (χ1v) is 5.71. The summed E-state index contributed by atoms with van der Waals surface area (Å²) in [5.41, 5.74) is 0. The summed E-state index contributed by atoms with van der Waals surface area (Å²) in [6.45, 7) is 1.91. The second-order valence-electron chi connectivity index (χ2n) is 4.13. The second-order valence-corrected chi connectivity index (χ2v) is 4.13. The van der Waals surface area contributed by atoms with Crippen molar-refractivity contribution < 1.29 is 14.6 Å². The van der Waals surface area contributed by atoms with Crippen molar-refractivity contribution in [1.82, 2.24) is 0 Å². The minimum atomic E-state index is -0.278. The average molecular weight is 212 g/mol. The molecule has 86 valence electrons. The van der Waals surface area contributed by atoms with Gasteiger partial charge in [-0.3, -0.25) is 4.79 Å². The van der Waals surface area contributed by atoms with Gasteiger partial charge in [0.25, 0.3) is 0 Å². The average Bonchev–Trinajstić information content (AvgIpc) is 2.15. The van der Waals surface area contributed by atoms with E-state index in [4.69, 9.17) is 4.74 Å². The minimum absolute atomic E-state index is 0.0295. The number of rotatable bonds is 0. The monoisotopic (exact) mass is 212 g/mol. The van der Waals surface area contributed by atoms with Gasteiger partial charge < -0.3 is 9.84 Å². The summed E-state index contributed by atoms with van der Waals surface area (Å²) >= 11 is 0. The first-order chi connectivity index (χ1) is 7.18. The molecule has 0 fully saturated rings. The van der Waals surface area contributed by atoms with Crippen LogP contribution in [0.2, 0.25) is 0 Å². The van der Waals surface area contributed by atoms with Crippen molar-refractivity contribution in [2.45, 2.75) is 57.7 Å². The lowest BCUT2D eigenvalue weighted by molar-refractivity contribution is -0.148. The van der Waals surface area contributed by atoms with Crippen molar-refractivity contribution >= 4 is 5.97 Å². The van der Waals surface area contributed by atoms with Gasteiger partial charge in [0, 0.05) is 12.8 Å². The van der Waals surface area contributed by atoms with E-state index in [0.717, 1.165) is 25.7 Å². The van der Waals surface area contributed by atoms with Gasteiger partial charge in [-0.25, -0.2) is 0 Å². The van der Waals surface area contributed by atoms with Crippen molar-refractivity contribution in [3.8, 4) is 0 Å². The molecule has 0 bridgehead atoms. The van der Waals surface area contributed by atoms with Crippen LogP contribution in [0.15, 0.2) is 12.2 Å². The third-order valence-electron chi connectivity index (χ3n) is 2.55. The van der Waals surface area contributed by atoms with E-state index in [1.807, 2.05) is 13.0 Å². The molecule has 0 aliphatic carbocycles. The van der Waals surface area contributed by atoms with E-state index < -0.39 is 0 Å². The number of allylic oxidation sites excluding steroid dienone is 1. The number of aliphatic hydroxyl groups excluding tert-OH is 1. The summed E-state index contributed by atoms with van der Waals surface area (Å²) in [4.78, 5) is 11.3. The fraction of sp³-hybridized carbons (Fsp3) is 0.750. The number of ether oxygens (including phenoxy) is 1. The summed E-state index contributed by atoms with van der Waals surface area (Å²) in [5, 5.41) is 9.55. The van der Waals surface area contributed by atoms with Gasteiger partial charge in [0.05, 0.1) is 6.10 Å². The number of cyclic esters (lactones) is 1. The third-order valence-corrected chi connectivity index (χ3v) is 2.55. The van der Waals surface area contributed by atoms with Crippen LogP contribution in [0.5, 0.6) is 0 Å². The molecule has 1 rings (SSSR count). The Balaban J connectivity index is 2.44. The fourth-order valence-corrected chi connectivity index (χ4v) is 1.65. The molecule has 0 saturated carbocycles. The normalized spacial score (nSPS) is 32.3. The fourth-order valence-electron chi connectivity index (χ4n) is 1.65. The smallest absolute Gasteiger partial charge is 0.306 e. The predicted octanol–water partition coefficient (Wildman–Crippen LogP) is 2.19. The van der Waals surface area contributed by atoms with Crippen LogP contribution < -0.4 is 0 Å². The van der Waals surface area contributed by atoms with E-state index in [-0.39, 0.29) is 18.2 Å². The van der Waals surface area contributed by atoms with E-state index >= 15 is 0 Å². The molecule has 0 aromatic heterocycles. The standard InChI is InChI=1S/C12H20O3/c1-10-6-3-2-4-7-11(13)8-5-9-12(14)15-10/h2-3,10-11,13H,4-9H2,1H3/b3-2+/t10-,11-/m1/s1. The maximum atomic E-state index is 11.3. The summed E-state index contributed by atoms with van der Waals surface area (Å²) in [6.07, 6.45) is 8.06. The van der Waals surface area contributed by atoms with Gasteiger partial charge in [0.2, 0.25) is 0 Å². The zero-order chi connectivity index (χ0) is 11.1. The molecule has 1 aliphatic heterocycles. The lowest BCUT2D eigenvalue weighted by Crippen LogP contribution is -2.15. The van der Waals surface area contributed by atoms with E-state index in [2.05, 4.69) is 6.08 Å². The Kier molecular flexibility index (Phi) is 5.40. The molecule has 0 radical (unpaired) electrons. The number of hydrogen-bond donors (Lipinski definition) is 1. The number of esters is 1. The number of aliphatic hydroxyl groups is 1. The van der Waals surface area contributed by atoms with Crippen LogP contribution in [0.3, 0.4) is 0 Å². The van der Waals surface area contributed by atoms with Crippen LogP contribution in [0.4, 0.5) is 0 Å². The molecule has 15 heavy (non-hydrogen) atoms. The Morgan fingerprint density at radius 1 is 1.40 bits per heavy atom. The molecule has 1 N–H and O–H groups in total.